The van der Waals surface area contributed by atoms with E-state index < -0.39 is 5.56 Å². The van der Waals surface area contributed by atoms with Crippen LogP contribution in [0.4, 0.5) is 4.39 Å². The summed E-state index contributed by atoms with van der Waals surface area (Å²) in [6, 6.07) is 7.24. The topological polar surface area (TPSA) is 72.4 Å². The summed E-state index contributed by atoms with van der Waals surface area (Å²) in [6.07, 6.45) is 5.01. The van der Waals surface area contributed by atoms with E-state index in [1.807, 2.05) is 0 Å². The predicted octanol–water partition coefficient (Wildman–Crippen LogP) is 2.74. The van der Waals surface area contributed by atoms with Crippen LogP contribution in [0.2, 0.25) is 0 Å². The number of rotatable bonds is 3. The highest BCUT2D eigenvalue weighted by Crippen LogP contribution is 2.33. The largest absolute Gasteiger partial charge is 0.373 e. The van der Waals surface area contributed by atoms with Crippen molar-refractivity contribution in [2.24, 2.45) is 0 Å². The number of carbonyl (C=O) groups is 1. The maximum absolute atomic E-state index is 13.2. The first kappa shape index (κ1) is 22.5. The number of amides is 1. The molecule has 1 aromatic heterocycles. The first-order valence-corrected chi connectivity index (χ1v) is 10.1. The molecule has 2 aliphatic heterocycles. The lowest BCUT2D eigenvalue weighted by molar-refractivity contribution is -0.114. The molecule has 4 rings (SSSR count). The molecule has 6 nitrogen and oxygen atoms in total. The molecular formula is C22H27ClFN3O3. The van der Waals surface area contributed by atoms with Gasteiger partial charge < -0.3 is 15.4 Å². The van der Waals surface area contributed by atoms with Crippen LogP contribution >= 0.6 is 12.4 Å². The summed E-state index contributed by atoms with van der Waals surface area (Å²) in [5.41, 5.74) is 0.470. The molecule has 30 heavy (non-hydrogen) atoms. The van der Waals surface area contributed by atoms with Gasteiger partial charge in [-0.25, -0.2) is 4.39 Å². The van der Waals surface area contributed by atoms with E-state index in [2.05, 4.69) is 10.6 Å². The average molecular weight is 436 g/mol. The van der Waals surface area contributed by atoms with Gasteiger partial charge in [-0.2, -0.15) is 0 Å². The quantitative estimate of drug-likeness (QED) is 0.777. The van der Waals surface area contributed by atoms with Crippen molar-refractivity contribution < 1.29 is 13.9 Å². The summed E-state index contributed by atoms with van der Waals surface area (Å²) < 4.78 is 20.8. The van der Waals surface area contributed by atoms with E-state index in [9.17, 15) is 14.0 Å². The van der Waals surface area contributed by atoms with Crippen molar-refractivity contribution in [2.75, 3.05) is 19.7 Å². The molecule has 0 saturated carbocycles. The lowest BCUT2D eigenvalue weighted by Gasteiger charge is -2.46. The third-order valence-electron chi connectivity index (χ3n) is 6.05. The number of hydrogen-bond donors (Lipinski definition) is 2. The van der Waals surface area contributed by atoms with Gasteiger partial charge in [-0.15, -0.1) is 12.4 Å². The summed E-state index contributed by atoms with van der Waals surface area (Å²) in [7, 11) is 0. The van der Waals surface area contributed by atoms with Crippen molar-refractivity contribution in [3.8, 4) is 5.69 Å². The fourth-order valence-electron chi connectivity index (χ4n) is 4.41. The number of aromatic nitrogens is 1. The fraction of sp³-hybridized carbons (Fsp3) is 0.455. The first-order chi connectivity index (χ1) is 14.0. The summed E-state index contributed by atoms with van der Waals surface area (Å²) >= 11 is 0. The molecule has 1 aromatic carbocycles. The highest BCUT2D eigenvalue weighted by atomic mass is 35.5. The van der Waals surface area contributed by atoms with Crippen molar-refractivity contribution >= 4 is 18.3 Å². The minimum absolute atomic E-state index is 0. The van der Waals surface area contributed by atoms with Crippen LogP contribution in [-0.2, 0) is 4.74 Å². The average Bonchev–Trinajstić information content (AvgIpc) is 2.72. The number of ether oxygens (including phenoxy) is 1. The van der Waals surface area contributed by atoms with E-state index in [0.29, 0.717) is 17.9 Å². The fourth-order valence-corrected chi connectivity index (χ4v) is 4.41. The van der Waals surface area contributed by atoms with Crippen LogP contribution in [0.15, 0.2) is 41.3 Å². The molecule has 2 N–H and O–H groups in total. The second-order valence-corrected chi connectivity index (χ2v) is 7.86. The molecule has 1 spiro atoms. The third kappa shape index (κ3) is 4.29. The zero-order chi connectivity index (χ0) is 20.4. The highest BCUT2D eigenvalue weighted by Gasteiger charge is 2.44. The van der Waals surface area contributed by atoms with Crippen LogP contribution in [0, 0.1) is 12.7 Å². The van der Waals surface area contributed by atoms with Gasteiger partial charge >= 0.3 is 0 Å². The SMILES string of the molecule is Cc1ccn(-c2ccc(F)cc2)c(=O)c1C(=O)NC1CCCOC12CCNCC2.Cl. The van der Waals surface area contributed by atoms with Gasteiger partial charge in [0, 0.05) is 18.5 Å². The van der Waals surface area contributed by atoms with E-state index in [0.717, 1.165) is 38.8 Å². The molecule has 2 fully saturated rings. The monoisotopic (exact) mass is 435 g/mol. The maximum Gasteiger partial charge on any atom is 0.268 e. The number of halogens is 2. The van der Waals surface area contributed by atoms with Crippen LogP contribution in [-0.4, -0.2) is 41.8 Å². The minimum atomic E-state index is -0.412. The number of carbonyl (C=O) groups excluding carboxylic acids is 1. The Morgan fingerprint density at radius 1 is 1.23 bits per heavy atom. The van der Waals surface area contributed by atoms with E-state index >= 15 is 0 Å². The number of hydrogen-bond acceptors (Lipinski definition) is 4. The third-order valence-corrected chi connectivity index (χ3v) is 6.05. The summed E-state index contributed by atoms with van der Waals surface area (Å²) in [6.45, 7) is 4.17. The maximum atomic E-state index is 13.2. The van der Waals surface area contributed by atoms with Crippen LogP contribution in [0.1, 0.15) is 41.6 Å². The molecule has 1 atom stereocenters. The van der Waals surface area contributed by atoms with Gasteiger partial charge in [0.15, 0.2) is 0 Å². The molecule has 0 radical (unpaired) electrons. The number of piperidine rings is 1. The van der Waals surface area contributed by atoms with Gasteiger partial charge in [-0.05, 0) is 81.6 Å². The molecule has 2 aromatic rings. The minimum Gasteiger partial charge on any atom is -0.373 e. The van der Waals surface area contributed by atoms with Gasteiger partial charge in [0.2, 0.25) is 0 Å². The van der Waals surface area contributed by atoms with Gasteiger partial charge in [-0.3, -0.25) is 14.2 Å². The molecule has 3 heterocycles. The van der Waals surface area contributed by atoms with Crippen molar-refractivity contribution in [3.05, 3.63) is 63.8 Å². The van der Waals surface area contributed by atoms with Crippen LogP contribution in [0.3, 0.4) is 0 Å². The normalized spacial score (nSPS) is 20.4. The van der Waals surface area contributed by atoms with E-state index in [-0.39, 0.29) is 41.3 Å². The molecule has 0 aliphatic carbocycles. The molecular weight excluding hydrogens is 409 g/mol. The number of nitrogens with zero attached hydrogens (tertiary/aromatic N) is 1. The zero-order valence-electron chi connectivity index (χ0n) is 16.9. The van der Waals surface area contributed by atoms with E-state index in [4.69, 9.17) is 4.74 Å². The van der Waals surface area contributed by atoms with Gasteiger partial charge in [-0.1, -0.05) is 0 Å². The zero-order valence-corrected chi connectivity index (χ0v) is 17.8. The van der Waals surface area contributed by atoms with Crippen molar-refractivity contribution in [2.45, 2.75) is 44.2 Å². The molecule has 2 aliphatic rings. The van der Waals surface area contributed by atoms with Crippen LogP contribution < -0.4 is 16.2 Å². The predicted molar refractivity (Wildman–Crippen MR) is 115 cm³/mol. The Kier molecular flexibility index (Phi) is 6.95. The van der Waals surface area contributed by atoms with Crippen LogP contribution in [0.25, 0.3) is 5.69 Å². The Balaban J connectivity index is 0.00000256. The number of pyridine rings is 1. The standard InChI is InChI=1S/C22H26FN3O3.ClH/c1-15-8-13-26(17-6-4-16(23)5-7-17)21(28)19(15)20(27)25-18-3-2-14-29-22(18)9-11-24-12-10-22;/h4-8,13,18,24H,2-3,9-12,14H2,1H3,(H,25,27);1H. The van der Waals surface area contributed by atoms with E-state index in [1.54, 1.807) is 19.2 Å². The molecule has 0 bridgehead atoms. The molecule has 2 saturated heterocycles. The summed E-state index contributed by atoms with van der Waals surface area (Å²) in [4.78, 5) is 26.3. The molecule has 1 amide bonds. The lowest BCUT2D eigenvalue weighted by Crippen LogP contribution is -2.60. The highest BCUT2D eigenvalue weighted by molar-refractivity contribution is 5.95. The van der Waals surface area contributed by atoms with Gasteiger partial charge in [0.05, 0.1) is 11.6 Å². The Labute approximate surface area is 181 Å². The Bertz CT molecular complexity index is 947. The van der Waals surface area contributed by atoms with Crippen molar-refractivity contribution in [3.63, 3.8) is 0 Å². The number of benzene rings is 1. The second kappa shape index (κ2) is 9.29. The van der Waals surface area contributed by atoms with Crippen molar-refractivity contribution in [1.29, 1.82) is 0 Å². The first-order valence-electron chi connectivity index (χ1n) is 10.1. The second-order valence-electron chi connectivity index (χ2n) is 7.86. The van der Waals surface area contributed by atoms with Gasteiger partial charge in [0.25, 0.3) is 11.5 Å². The summed E-state index contributed by atoms with van der Waals surface area (Å²) in [5.74, 6) is -0.756. The number of nitrogens with one attached hydrogen (secondary N) is 2. The molecule has 162 valence electrons. The Hall–Kier alpha value is -2.22. The molecule has 8 heteroatoms. The van der Waals surface area contributed by atoms with Crippen molar-refractivity contribution in [1.82, 2.24) is 15.2 Å². The van der Waals surface area contributed by atoms with Gasteiger partial charge in [0.1, 0.15) is 11.4 Å². The van der Waals surface area contributed by atoms with E-state index in [1.165, 1.54) is 28.8 Å². The molecule has 1 unspecified atom stereocenters. The summed E-state index contributed by atoms with van der Waals surface area (Å²) in [5, 5.41) is 6.44. The Morgan fingerprint density at radius 3 is 2.63 bits per heavy atom. The smallest absolute Gasteiger partial charge is 0.268 e. The van der Waals surface area contributed by atoms with Crippen LogP contribution in [0.5, 0.6) is 0 Å². The number of aryl methyl sites for hydroxylation is 1. The Morgan fingerprint density at radius 2 is 1.93 bits per heavy atom. The lowest BCUT2D eigenvalue weighted by atomic mass is 9.80.